The van der Waals surface area contributed by atoms with Crippen LogP contribution in [0.3, 0.4) is 0 Å². The molecule has 1 atom stereocenters. The zero-order chi connectivity index (χ0) is 12.5. The van der Waals surface area contributed by atoms with Gasteiger partial charge in [-0.1, -0.05) is 11.6 Å². The normalized spacial score (nSPS) is 23.5. The molecule has 0 bridgehead atoms. The van der Waals surface area contributed by atoms with Gasteiger partial charge in [0.15, 0.2) is 0 Å². The highest BCUT2D eigenvalue weighted by atomic mass is 16.2. The minimum atomic E-state index is -0.118. The molecule has 1 amide bonds. The Balaban J connectivity index is 1.68. The van der Waals surface area contributed by atoms with E-state index in [0.29, 0.717) is 13.0 Å². The van der Waals surface area contributed by atoms with Gasteiger partial charge in [0.1, 0.15) is 0 Å². The van der Waals surface area contributed by atoms with Crippen molar-refractivity contribution in [1.29, 1.82) is 0 Å². The molecule has 3 heterocycles. The Kier molecular flexibility index (Phi) is 2.91. The van der Waals surface area contributed by atoms with E-state index in [-0.39, 0.29) is 11.9 Å². The van der Waals surface area contributed by atoms with Gasteiger partial charge in [0.2, 0.25) is 5.91 Å². The van der Waals surface area contributed by atoms with Gasteiger partial charge in [0, 0.05) is 26.1 Å². The van der Waals surface area contributed by atoms with E-state index in [2.05, 4.69) is 28.3 Å². The number of aromatic amines is 1. The lowest BCUT2D eigenvalue weighted by molar-refractivity contribution is -0.133. The van der Waals surface area contributed by atoms with Gasteiger partial charge in [-0.05, 0) is 13.3 Å². The van der Waals surface area contributed by atoms with Crippen LogP contribution < -0.4 is 5.32 Å². The number of aromatic nitrogens is 2. The molecule has 2 aliphatic rings. The fraction of sp³-hybridized carbons (Fsp3) is 0.538. The van der Waals surface area contributed by atoms with Gasteiger partial charge in [-0.15, -0.1) is 0 Å². The lowest BCUT2D eigenvalue weighted by atomic mass is 10.0. The first-order valence-corrected chi connectivity index (χ1v) is 6.43. The monoisotopic (exact) mass is 246 g/mol. The Morgan fingerprint density at radius 3 is 3.22 bits per heavy atom. The summed E-state index contributed by atoms with van der Waals surface area (Å²) in [6, 6.07) is -0.118. The first-order chi connectivity index (χ1) is 8.74. The van der Waals surface area contributed by atoms with Gasteiger partial charge in [-0.3, -0.25) is 10.1 Å². The summed E-state index contributed by atoms with van der Waals surface area (Å²) in [7, 11) is 0. The number of H-pyrrole nitrogens is 1. The number of nitrogens with one attached hydrogen (secondary N) is 2. The van der Waals surface area contributed by atoms with E-state index in [1.807, 2.05) is 4.90 Å². The summed E-state index contributed by atoms with van der Waals surface area (Å²) in [6.07, 6.45) is 5.53. The van der Waals surface area contributed by atoms with Crippen molar-refractivity contribution in [3.05, 3.63) is 29.4 Å². The fourth-order valence-electron chi connectivity index (χ4n) is 2.53. The maximum absolute atomic E-state index is 12.4. The van der Waals surface area contributed by atoms with Gasteiger partial charge in [0.05, 0.1) is 23.8 Å². The van der Waals surface area contributed by atoms with Gasteiger partial charge >= 0.3 is 0 Å². The number of imidazole rings is 1. The van der Waals surface area contributed by atoms with Crippen molar-refractivity contribution in [2.75, 3.05) is 13.1 Å². The van der Waals surface area contributed by atoms with Crippen LogP contribution >= 0.6 is 0 Å². The summed E-state index contributed by atoms with van der Waals surface area (Å²) in [5.74, 6) is 0.201. The molecule has 0 saturated carbocycles. The second-order valence-electron chi connectivity index (χ2n) is 5.05. The van der Waals surface area contributed by atoms with E-state index >= 15 is 0 Å². The van der Waals surface area contributed by atoms with Gasteiger partial charge < -0.3 is 9.88 Å². The minimum absolute atomic E-state index is 0.118. The number of carbonyl (C=O) groups excluding carboxylic acids is 1. The second kappa shape index (κ2) is 4.57. The maximum atomic E-state index is 12.4. The molecule has 5 nitrogen and oxygen atoms in total. The van der Waals surface area contributed by atoms with Gasteiger partial charge in [-0.25, -0.2) is 4.98 Å². The van der Waals surface area contributed by atoms with E-state index < -0.39 is 0 Å². The molecular formula is C13H18N4O. The Bertz CT molecular complexity index is 491. The Morgan fingerprint density at radius 1 is 1.56 bits per heavy atom. The number of carbonyl (C=O) groups is 1. The minimum Gasteiger partial charge on any atom is -0.347 e. The average Bonchev–Trinajstić information content (AvgIpc) is 2.86. The number of hydrogen-bond donors (Lipinski definition) is 2. The molecule has 5 heteroatoms. The van der Waals surface area contributed by atoms with Crippen LogP contribution in [0.15, 0.2) is 18.0 Å². The van der Waals surface area contributed by atoms with Gasteiger partial charge in [-0.2, -0.15) is 0 Å². The first-order valence-electron chi connectivity index (χ1n) is 6.43. The molecule has 3 rings (SSSR count). The zero-order valence-electron chi connectivity index (χ0n) is 10.6. The van der Waals surface area contributed by atoms with Crippen LogP contribution in [0.25, 0.3) is 0 Å². The largest absolute Gasteiger partial charge is 0.347 e. The molecule has 2 N–H and O–H groups in total. The van der Waals surface area contributed by atoms with Crippen molar-refractivity contribution in [2.24, 2.45) is 0 Å². The third-order valence-corrected chi connectivity index (χ3v) is 3.78. The molecule has 0 aliphatic carbocycles. The molecule has 0 aromatic carbocycles. The third kappa shape index (κ3) is 2.06. The van der Waals surface area contributed by atoms with Crippen molar-refractivity contribution in [3.63, 3.8) is 0 Å². The molecule has 0 radical (unpaired) electrons. The van der Waals surface area contributed by atoms with E-state index in [0.717, 1.165) is 30.9 Å². The number of rotatable bonds is 1. The van der Waals surface area contributed by atoms with Crippen LogP contribution in [0, 0.1) is 0 Å². The highest BCUT2D eigenvalue weighted by molar-refractivity contribution is 5.82. The second-order valence-corrected chi connectivity index (χ2v) is 5.05. The quantitative estimate of drug-likeness (QED) is 0.713. The molecule has 1 aromatic rings. The number of fused-ring (bicyclic) bond motifs is 1. The predicted molar refractivity (Wildman–Crippen MR) is 67.9 cm³/mol. The summed E-state index contributed by atoms with van der Waals surface area (Å²) < 4.78 is 0. The lowest BCUT2D eigenvalue weighted by Gasteiger charge is -2.31. The molecule has 0 saturated heterocycles. The van der Waals surface area contributed by atoms with Crippen molar-refractivity contribution in [3.8, 4) is 0 Å². The SMILES string of the molecule is CC1=CCN(C(=O)C2Cc3nc[nH]c3CN2)CC1. The van der Waals surface area contributed by atoms with E-state index in [1.54, 1.807) is 6.33 Å². The predicted octanol–water partition coefficient (Wildman–Crippen LogP) is 0.603. The van der Waals surface area contributed by atoms with E-state index in [4.69, 9.17) is 0 Å². The maximum Gasteiger partial charge on any atom is 0.240 e. The standard InChI is InChI=1S/C13H18N4O/c1-9-2-4-17(5-3-9)13(18)11-6-10-12(7-14-11)16-8-15-10/h2,8,11,14H,3-7H2,1H3,(H,15,16). The van der Waals surface area contributed by atoms with Crippen LogP contribution in [-0.4, -0.2) is 39.9 Å². The zero-order valence-corrected chi connectivity index (χ0v) is 10.6. The first kappa shape index (κ1) is 11.5. The molecule has 18 heavy (non-hydrogen) atoms. The fourth-order valence-corrected chi connectivity index (χ4v) is 2.53. The van der Waals surface area contributed by atoms with Crippen molar-refractivity contribution in [2.45, 2.75) is 32.4 Å². The molecule has 0 fully saturated rings. The molecule has 1 unspecified atom stereocenters. The van der Waals surface area contributed by atoms with Crippen LogP contribution in [0.5, 0.6) is 0 Å². The van der Waals surface area contributed by atoms with Gasteiger partial charge in [0.25, 0.3) is 0 Å². The highest BCUT2D eigenvalue weighted by Crippen LogP contribution is 2.16. The van der Waals surface area contributed by atoms with E-state index in [9.17, 15) is 4.79 Å². The Hall–Kier alpha value is -1.62. The number of hydrogen-bond acceptors (Lipinski definition) is 3. The summed E-state index contributed by atoms with van der Waals surface area (Å²) in [5, 5.41) is 3.29. The van der Waals surface area contributed by atoms with Crippen LogP contribution in [-0.2, 0) is 17.8 Å². The third-order valence-electron chi connectivity index (χ3n) is 3.78. The lowest BCUT2D eigenvalue weighted by Crippen LogP contribution is -2.50. The average molecular weight is 246 g/mol. The van der Waals surface area contributed by atoms with Crippen LogP contribution in [0.2, 0.25) is 0 Å². The van der Waals surface area contributed by atoms with Crippen LogP contribution in [0.1, 0.15) is 24.7 Å². The molecular weight excluding hydrogens is 228 g/mol. The topological polar surface area (TPSA) is 61.0 Å². The smallest absolute Gasteiger partial charge is 0.240 e. The van der Waals surface area contributed by atoms with E-state index in [1.165, 1.54) is 5.57 Å². The number of nitrogens with zero attached hydrogens (tertiary/aromatic N) is 2. The van der Waals surface area contributed by atoms with Crippen LogP contribution in [0.4, 0.5) is 0 Å². The molecule has 2 aliphatic heterocycles. The molecule has 1 aromatic heterocycles. The Morgan fingerprint density at radius 2 is 2.44 bits per heavy atom. The van der Waals surface area contributed by atoms with Crippen molar-refractivity contribution in [1.82, 2.24) is 20.2 Å². The highest BCUT2D eigenvalue weighted by Gasteiger charge is 2.29. The van der Waals surface area contributed by atoms with Crippen molar-refractivity contribution >= 4 is 5.91 Å². The summed E-state index contributed by atoms with van der Waals surface area (Å²) >= 11 is 0. The summed E-state index contributed by atoms with van der Waals surface area (Å²) in [6.45, 7) is 4.41. The molecule has 96 valence electrons. The molecule has 0 spiro atoms. The Labute approximate surface area is 106 Å². The number of amides is 1. The van der Waals surface area contributed by atoms with Crippen molar-refractivity contribution < 1.29 is 4.79 Å². The summed E-state index contributed by atoms with van der Waals surface area (Å²) in [4.78, 5) is 21.7. The summed E-state index contributed by atoms with van der Waals surface area (Å²) in [5.41, 5.74) is 3.51.